The number of benzene rings is 2. The third-order valence-corrected chi connectivity index (χ3v) is 10.6. The Bertz CT molecular complexity index is 1920. The fraction of sp³-hybridized carbons (Fsp3) is 0.459. The number of aromatic nitrogens is 4. The quantitative estimate of drug-likeness (QED) is 0.254. The van der Waals surface area contributed by atoms with Gasteiger partial charge in [-0.15, -0.1) is 0 Å². The Morgan fingerprint density at radius 1 is 1.02 bits per heavy atom. The standard InChI is InChI=1S/C37H44N6O6/c1-49-24-37(48)19-10-9-17-31(37)42-25-38-32(33(42)26-11-3-2-4-12-26)34(44)40-22-21-39(36(46)47)23-28(40)18-20-41-29-15-7-8-16-30(29)43(35(41)45)27-13-5-6-14-27/h2-4,7-8,11-13,15-16,25,28,31,48H,5-6,9-10,14,17-24H2,1H3,(H,46,47)/t28-,31-,37-/m1/s1. The molecule has 1 aliphatic heterocycles. The summed E-state index contributed by atoms with van der Waals surface area (Å²) in [5, 5.41) is 21.7. The third kappa shape index (κ3) is 6.08. The first-order valence-electron chi connectivity index (χ1n) is 17.3. The van der Waals surface area contributed by atoms with Crippen LogP contribution in [0.5, 0.6) is 0 Å². The van der Waals surface area contributed by atoms with E-state index in [2.05, 4.69) is 6.08 Å². The Morgan fingerprint density at radius 2 is 1.80 bits per heavy atom. The van der Waals surface area contributed by atoms with Crippen LogP contribution in [0.2, 0.25) is 0 Å². The second-order valence-electron chi connectivity index (χ2n) is 13.5. The number of nitrogens with zero attached hydrogens (tertiary/aromatic N) is 6. The number of carbonyl (C=O) groups is 2. The number of imidazole rings is 2. The maximum Gasteiger partial charge on any atom is 0.407 e. The summed E-state index contributed by atoms with van der Waals surface area (Å²) in [6.07, 6.45) is 9.01. The zero-order valence-electron chi connectivity index (χ0n) is 27.9. The normalized spacial score (nSPS) is 22.9. The number of carbonyl (C=O) groups excluding carboxylic acids is 1. The van der Waals surface area contributed by atoms with Crippen LogP contribution >= 0.6 is 0 Å². The lowest BCUT2D eigenvalue weighted by Gasteiger charge is -2.41. The van der Waals surface area contributed by atoms with Crippen LogP contribution < -0.4 is 5.69 Å². The third-order valence-electron chi connectivity index (χ3n) is 10.6. The van der Waals surface area contributed by atoms with Crippen molar-refractivity contribution in [1.82, 2.24) is 28.5 Å². The van der Waals surface area contributed by atoms with Crippen LogP contribution in [-0.4, -0.2) is 95.7 Å². The van der Waals surface area contributed by atoms with Crippen molar-refractivity contribution in [3.63, 3.8) is 0 Å². The highest BCUT2D eigenvalue weighted by atomic mass is 16.5. The summed E-state index contributed by atoms with van der Waals surface area (Å²) in [4.78, 5) is 48.4. The molecular weight excluding hydrogens is 624 g/mol. The summed E-state index contributed by atoms with van der Waals surface area (Å²) in [5.41, 5.74) is 3.10. The minimum atomic E-state index is -1.12. The fourth-order valence-electron chi connectivity index (χ4n) is 8.17. The molecule has 1 saturated heterocycles. The van der Waals surface area contributed by atoms with Gasteiger partial charge in [0.1, 0.15) is 5.60 Å². The average Bonchev–Trinajstić information content (AvgIpc) is 3.86. The van der Waals surface area contributed by atoms with Gasteiger partial charge in [-0.3, -0.25) is 13.9 Å². The van der Waals surface area contributed by atoms with E-state index < -0.39 is 17.7 Å². The number of para-hydroxylation sites is 2. The van der Waals surface area contributed by atoms with Gasteiger partial charge in [0, 0.05) is 44.5 Å². The van der Waals surface area contributed by atoms with Crippen molar-refractivity contribution < 1.29 is 24.5 Å². The molecule has 2 aliphatic carbocycles. The molecule has 0 unspecified atom stereocenters. The average molecular weight is 669 g/mol. The van der Waals surface area contributed by atoms with Crippen LogP contribution in [0.1, 0.15) is 67.9 Å². The van der Waals surface area contributed by atoms with Gasteiger partial charge < -0.3 is 29.3 Å². The van der Waals surface area contributed by atoms with Crippen LogP contribution in [-0.2, 0) is 11.3 Å². The molecule has 3 aliphatic rings. The van der Waals surface area contributed by atoms with Gasteiger partial charge in [-0.05, 0) is 50.7 Å². The van der Waals surface area contributed by atoms with Gasteiger partial charge >= 0.3 is 11.8 Å². The number of carboxylic acid groups (broad SMARTS) is 1. The summed E-state index contributed by atoms with van der Waals surface area (Å²) in [7, 11) is 1.58. The predicted molar refractivity (Wildman–Crippen MR) is 185 cm³/mol. The molecule has 49 heavy (non-hydrogen) atoms. The monoisotopic (exact) mass is 668 g/mol. The van der Waals surface area contributed by atoms with Crippen molar-refractivity contribution in [2.24, 2.45) is 0 Å². The first-order chi connectivity index (χ1) is 23.8. The van der Waals surface area contributed by atoms with Crippen molar-refractivity contribution in [3.8, 4) is 11.3 Å². The van der Waals surface area contributed by atoms with Crippen LogP contribution in [0.3, 0.4) is 0 Å². The van der Waals surface area contributed by atoms with E-state index in [9.17, 15) is 24.6 Å². The lowest BCUT2D eigenvalue weighted by Crippen LogP contribution is -2.56. The van der Waals surface area contributed by atoms with E-state index in [0.29, 0.717) is 31.5 Å². The van der Waals surface area contributed by atoms with Gasteiger partial charge in [0.15, 0.2) is 5.69 Å². The minimum absolute atomic E-state index is 0.122. The van der Waals surface area contributed by atoms with E-state index in [1.165, 1.54) is 4.90 Å². The first-order valence-corrected chi connectivity index (χ1v) is 17.3. The molecule has 12 nitrogen and oxygen atoms in total. The van der Waals surface area contributed by atoms with Gasteiger partial charge in [0.25, 0.3) is 5.91 Å². The predicted octanol–water partition coefficient (Wildman–Crippen LogP) is 5.08. The highest BCUT2D eigenvalue weighted by Gasteiger charge is 2.43. The Hall–Kier alpha value is -4.68. The largest absolute Gasteiger partial charge is 0.465 e. The molecule has 258 valence electrons. The number of aryl methyl sites for hydroxylation is 1. The summed E-state index contributed by atoms with van der Waals surface area (Å²) in [6, 6.07) is 16.5. The zero-order chi connectivity index (χ0) is 34.1. The van der Waals surface area contributed by atoms with E-state index in [1.807, 2.05) is 59.2 Å². The number of hydrogen-bond acceptors (Lipinski definition) is 6. The van der Waals surface area contributed by atoms with Crippen LogP contribution in [0, 0.1) is 0 Å². The van der Waals surface area contributed by atoms with Gasteiger partial charge in [0.05, 0.1) is 41.7 Å². The molecule has 0 radical (unpaired) electrons. The van der Waals surface area contributed by atoms with E-state index in [4.69, 9.17) is 9.72 Å². The number of aliphatic hydroxyl groups is 1. The van der Waals surface area contributed by atoms with Gasteiger partial charge in [0.2, 0.25) is 0 Å². The second kappa shape index (κ2) is 13.7. The molecule has 2 fully saturated rings. The van der Waals surface area contributed by atoms with Crippen molar-refractivity contribution in [1.29, 1.82) is 0 Å². The minimum Gasteiger partial charge on any atom is -0.465 e. The number of piperazine rings is 1. The number of hydrogen-bond donors (Lipinski definition) is 2. The molecule has 2 aromatic carbocycles. The van der Waals surface area contributed by atoms with Crippen LogP contribution in [0.25, 0.3) is 28.0 Å². The van der Waals surface area contributed by atoms with E-state index in [-0.39, 0.29) is 49.6 Å². The second-order valence-corrected chi connectivity index (χ2v) is 13.5. The lowest BCUT2D eigenvalue weighted by atomic mass is 9.80. The van der Waals surface area contributed by atoms with E-state index >= 15 is 0 Å². The number of fused-ring (bicyclic) bond motifs is 1. The molecule has 1 saturated carbocycles. The molecule has 2 amide bonds. The topological polar surface area (TPSA) is 135 Å². The summed E-state index contributed by atoms with van der Waals surface area (Å²) >= 11 is 0. The molecular formula is C37H44N6O6. The summed E-state index contributed by atoms with van der Waals surface area (Å²) < 4.78 is 10.9. The van der Waals surface area contributed by atoms with Gasteiger partial charge in [-0.1, -0.05) is 61.4 Å². The highest BCUT2D eigenvalue weighted by Crippen LogP contribution is 2.41. The van der Waals surface area contributed by atoms with Gasteiger partial charge in [-0.2, -0.15) is 0 Å². The molecule has 4 aromatic rings. The number of amides is 2. The maximum absolute atomic E-state index is 14.6. The maximum atomic E-state index is 14.6. The van der Waals surface area contributed by atoms with Crippen LogP contribution in [0.4, 0.5) is 4.79 Å². The SMILES string of the molecule is COC[C@]1(O)CCCC[C@H]1n1cnc(C(=O)N2CCN(C(=O)O)C[C@H]2CCn2c(=O)n(C3=CCCC3)c3ccccc32)c1-c1ccccc1. The molecule has 2 aromatic heterocycles. The molecule has 7 rings (SSSR count). The van der Waals surface area contributed by atoms with Crippen molar-refractivity contribution in [3.05, 3.63) is 83.2 Å². The van der Waals surface area contributed by atoms with Gasteiger partial charge in [-0.25, -0.2) is 14.6 Å². The number of rotatable bonds is 9. The van der Waals surface area contributed by atoms with Crippen LogP contribution in [0.15, 0.2) is 71.8 Å². The molecule has 2 N–H and O–H groups in total. The molecule has 3 atom stereocenters. The van der Waals surface area contributed by atoms with E-state index in [1.54, 1.807) is 27.5 Å². The molecule has 0 bridgehead atoms. The van der Waals surface area contributed by atoms with Crippen molar-refractivity contribution >= 4 is 28.7 Å². The number of methoxy groups -OCH3 is 1. The first kappa shape index (κ1) is 32.8. The Labute approximate surface area is 284 Å². The fourth-order valence-corrected chi connectivity index (χ4v) is 8.17. The number of ether oxygens (including phenoxy) is 1. The highest BCUT2D eigenvalue weighted by molar-refractivity contribution is 5.98. The smallest absolute Gasteiger partial charge is 0.407 e. The molecule has 12 heteroatoms. The number of allylic oxidation sites excluding steroid dienone is 2. The molecule has 0 spiro atoms. The summed E-state index contributed by atoms with van der Waals surface area (Å²) in [5.74, 6) is -0.301. The van der Waals surface area contributed by atoms with E-state index in [0.717, 1.165) is 54.4 Å². The Balaban J connectivity index is 1.24. The van der Waals surface area contributed by atoms with Crippen molar-refractivity contribution in [2.45, 2.75) is 75.6 Å². The Morgan fingerprint density at radius 3 is 2.53 bits per heavy atom. The zero-order valence-corrected chi connectivity index (χ0v) is 27.9. The van der Waals surface area contributed by atoms with Crippen molar-refractivity contribution in [2.75, 3.05) is 33.4 Å². The Kier molecular flexibility index (Phi) is 9.17. The molecule has 3 heterocycles. The lowest BCUT2D eigenvalue weighted by molar-refractivity contribution is -0.0893. The summed E-state index contributed by atoms with van der Waals surface area (Å²) in [6.45, 7) is 0.963.